The lowest BCUT2D eigenvalue weighted by molar-refractivity contribution is -0.159. The number of aliphatic hydroxyl groups is 1. The Kier molecular flexibility index (Phi) is 10.2. The lowest BCUT2D eigenvalue weighted by Gasteiger charge is -2.30. The average Bonchev–Trinajstić information content (AvgIpc) is 2.93. The third-order valence-corrected chi connectivity index (χ3v) is 8.07. The number of carbonyl (C=O) groups excluding carboxylic acids is 2. The number of carboxylic acids is 1. The van der Waals surface area contributed by atoms with Gasteiger partial charge in [0.2, 0.25) is 10.0 Å². The Hall–Kier alpha value is -4.24. The number of aryl methyl sites for hydroxylation is 1. The topological polar surface area (TPSA) is 177 Å². The summed E-state index contributed by atoms with van der Waals surface area (Å²) in [6.45, 7) is -0.216. The minimum atomic E-state index is -4.60. The van der Waals surface area contributed by atoms with E-state index in [0.717, 1.165) is 19.2 Å². The van der Waals surface area contributed by atoms with Gasteiger partial charge in [0.05, 0.1) is 23.6 Å². The number of aliphatic hydroxyl groups excluding tert-OH is 1. The molecular weight excluding hydrogens is 559 g/mol. The van der Waals surface area contributed by atoms with Gasteiger partial charge in [0.25, 0.3) is 11.8 Å². The summed E-state index contributed by atoms with van der Waals surface area (Å²) in [4.78, 5) is 40.0. The summed E-state index contributed by atoms with van der Waals surface area (Å²) in [5.41, 5.74) is 0.194. The molecule has 0 aliphatic carbocycles. The summed E-state index contributed by atoms with van der Waals surface area (Å²) in [5.74, 6) is -4.07. The minimum absolute atomic E-state index is 0.00704. The van der Waals surface area contributed by atoms with Crippen molar-refractivity contribution in [3.8, 4) is 0 Å². The number of hydroxylamine groups is 2. The zero-order valence-corrected chi connectivity index (χ0v) is 23.0. The van der Waals surface area contributed by atoms with Crippen LogP contribution in [0.5, 0.6) is 0 Å². The predicted octanol–water partition coefficient (Wildman–Crippen LogP) is 1.47. The fourth-order valence-electron chi connectivity index (χ4n) is 3.90. The van der Waals surface area contributed by atoms with Crippen LogP contribution in [-0.4, -0.2) is 88.3 Å². The van der Waals surface area contributed by atoms with E-state index < -0.39 is 63.8 Å². The Morgan fingerprint density at radius 1 is 1.02 bits per heavy atom. The first kappa shape index (κ1) is 31.3. The Bertz CT molecular complexity index is 1520. The molecule has 0 spiro atoms. The molecule has 0 aliphatic heterocycles. The van der Waals surface area contributed by atoms with Crippen molar-refractivity contribution >= 4 is 27.8 Å². The van der Waals surface area contributed by atoms with Crippen molar-refractivity contribution in [3.63, 3.8) is 0 Å². The number of halogens is 1. The van der Waals surface area contributed by atoms with E-state index in [1.54, 1.807) is 30.3 Å². The van der Waals surface area contributed by atoms with Crippen LogP contribution >= 0.6 is 0 Å². The number of amides is 2. The van der Waals surface area contributed by atoms with Gasteiger partial charge in [0, 0.05) is 13.6 Å². The SMILES string of the molecule is Cc1ccc(F)cc1S(=O)(=O)N(CC(=O)N(C)O)C[C@@H](O)[C@H](Cc1ccccc1)NC(=O)c1cccc(C(=O)O)n1. The average molecular weight is 589 g/mol. The minimum Gasteiger partial charge on any atom is -0.477 e. The molecular formula is C27H29FN4O8S. The number of hydrogen-bond donors (Lipinski definition) is 4. The summed E-state index contributed by atoms with van der Waals surface area (Å²) in [6, 6.07) is 14.3. The Labute approximate surface area is 235 Å². The van der Waals surface area contributed by atoms with Gasteiger partial charge in [-0.15, -0.1) is 0 Å². The summed E-state index contributed by atoms with van der Waals surface area (Å²) in [6.07, 6.45) is -1.63. The van der Waals surface area contributed by atoms with E-state index in [4.69, 9.17) is 0 Å². The van der Waals surface area contributed by atoms with E-state index in [-0.39, 0.29) is 28.4 Å². The highest BCUT2D eigenvalue weighted by Gasteiger charge is 2.34. The maximum Gasteiger partial charge on any atom is 0.354 e. The van der Waals surface area contributed by atoms with Crippen molar-refractivity contribution in [2.24, 2.45) is 0 Å². The Morgan fingerprint density at radius 3 is 2.32 bits per heavy atom. The van der Waals surface area contributed by atoms with E-state index in [9.17, 15) is 42.6 Å². The third kappa shape index (κ3) is 8.14. The number of likely N-dealkylation sites (N-methyl/N-ethyl adjacent to an activating group) is 1. The summed E-state index contributed by atoms with van der Waals surface area (Å²) in [7, 11) is -3.60. The number of aromatic carboxylic acids is 1. The molecule has 0 saturated heterocycles. The molecule has 14 heteroatoms. The maximum atomic E-state index is 14.0. The molecule has 0 bridgehead atoms. The van der Waals surface area contributed by atoms with E-state index in [2.05, 4.69) is 10.3 Å². The van der Waals surface area contributed by atoms with Crippen LogP contribution in [0.25, 0.3) is 0 Å². The predicted molar refractivity (Wildman–Crippen MR) is 143 cm³/mol. The molecule has 41 heavy (non-hydrogen) atoms. The molecule has 0 aliphatic rings. The van der Waals surface area contributed by atoms with Gasteiger partial charge in [-0.2, -0.15) is 4.31 Å². The molecule has 12 nitrogen and oxygen atoms in total. The molecule has 0 fully saturated rings. The molecule has 2 aromatic carbocycles. The second kappa shape index (κ2) is 13.4. The summed E-state index contributed by atoms with van der Waals surface area (Å²) >= 11 is 0. The van der Waals surface area contributed by atoms with Crippen molar-refractivity contribution in [1.82, 2.24) is 19.7 Å². The number of benzene rings is 2. The number of sulfonamides is 1. The fraction of sp³-hybridized carbons (Fsp3) is 0.259. The van der Waals surface area contributed by atoms with Gasteiger partial charge >= 0.3 is 5.97 Å². The monoisotopic (exact) mass is 588 g/mol. The first-order valence-electron chi connectivity index (χ1n) is 12.2. The molecule has 218 valence electrons. The van der Waals surface area contributed by atoms with Crippen LogP contribution in [0.4, 0.5) is 4.39 Å². The zero-order chi connectivity index (χ0) is 30.3. The molecule has 2 amide bonds. The van der Waals surface area contributed by atoms with Crippen molar-refractivity contribution in [2.75, 3.05) is 20.1 Å². The fourth-order valence-corrected chi connectivity index (χ4v) is 5.55. The second-order valence-electron chi connectivity index (χ2n) is 9.17. The highest BCUT2D eigenvalue weighted by Crippen LogP contribution is 2.22. The van der Waals surface area contributed by atoms with Crippen molar-refractivity contribution in [3.05, 3.63) is 95.1 Å². The van der Waals surface area contributed by atoms with Crippen LogP contribution < -0.4 is 5.32 Å². The molecule has 1 aromatic heterocycles. The molecule has 1 heterocycles. The molecule has 2 atom stereocenters. The Balaban J connectivity index is 1.97. The standard InChI is InChI=1S/C27H29FN4O8S/c1-17-11-12-19(28)14-24(17)41(39,40)32(16-25(34)31(2)38)15-23(33)22(13-18-7-4-3-5-8-18)30-26(35)20-9-6-10-21(29-20)27(36)37/h3-12,14,22-23,33,38H,13,15-16H2,1-2H3,(H,30,35)(H,36,37)/t22-,23+/m0/s1. The van der Waals surface area contributed by atoms with Gasteiger partial charge in [0.1, 0.15) is 17.2 Å². The van der Waals surface area contributed by atoms with Crippen molar-refractivity contribution < 1.29 is 42.6 Å². The first-order valence-corrected chi connectivity index (χ1v) is 13.7. The largest absolute Gasteiger partial charge is 0.477 e. The number of rotatable bonds is 12. The number of nitrogens with one attached hydrogen (secondary N) is 1. The van der Waals surface area contributed by atoms with E-state index in [1.807, 2.05) is 0 Å². The molecule has 0 radical (unpaired) electrons. The molecule has 3 aromatic rings. The van der Waals surface area contributed by atoms with E-state index in [1.165, 1.54) is 31.2 Å². The van der Waals surface area contributed by atoms with Crippen LogP contribution in [0.2, 0.25) is 0 Å². The summed E-state index contributed by atoms with van der Waals surface area (Å²) < 4.78 is 41.7. The zero-order valence-electron chi connectivity index (χ0n) is 22.1. The lowest BCUT2D eigenvalue weighted by atomic mass is 10.0. The number of hydrogen-bond acceptors (Lipinski definition) is 8. The summed E-state index contributed by atoms with van der Waals surface area (Å²) in [5, 5.41) is 32.8. The maximum absolute atomic E-state index is 14.0. The van der Waals surface area contributed by atoms with Crippen LogP contribution in [0.1, 0.15) is 32.1 Å². The molecule has 3 rings (SSSR count). The van der Waals surface area contributed by atoms with Gasteiger partial charge in [0.15, 0.2) is 0 Å². The molecule has 0 unspecified atom stereocenters. The Morgan fingerprint density at radius 2 is 1.68 bits per heavy atom. The normalized spacial score (nSPS) is 12.9. The number of nitrogens with zero attached hydrogens (tertiary/aromatic N) is 3. The van der Waals surface area contributed by atoms with Gasteiger partial charge in [-0.25, -0.2) is 27.6 Å². The van der Waals surface area contributed by atoms with Crippen LogP contribution in [0, 0.1) is 12.7 Å². The third-order valence-electron chi connectivity index (χ3n) is 6.11. The first-order chi connectivity index (χ1) is 19.3. The van der Waals surface area contributed by atoms with Crippen LogP contribution in [0.15, 0.2) is 71.6 Å². The van der Waals surface area contributed by atoms with Crippen LogP contribution in [0.3, 0.4) is 0 Å². The van der Waals surface area contributed by atoms with Crippen LogP contribution in [-0.2, 0) is 21.2 Å². The molecule has 4 N–H and O–H groups in total. The number of aromatic nitrogens is 1. The van der Waals surface area contributed by atoms with Crippen molar-refractivity contribution in [1.29, 1.82) is 0 Å². The van der Waals surface area contributed by atoms with Gasteiger partial charge in [-0.05, 0) is 48.7 Å². The number of carboxylic acid groups (broad SMARTS) is 1. The quantitative estimate of drug-likeness (QED) is 0.180. The van der Waals surface area contributed by atoms with E-state index >= 15 is 0 Å². The number of carbonyl (C=O) groups is 3. The van der Waals surface area contributed by atoms with Gasteiger partial charge < -0.3 is 15.5 Å². The molecule has 0 saturated carbocycles. The van der Waals surface area contributed by atoms with Gasteiger partial charge in [-0.1, -0.05) is 42.5 Å². The smallest absolute Gasteiger partial charge is 0.354 e. The van der Waals surface area contributed by atoms with Gasteiger partial charge in [-0.3, -0.25) is 14.8 Å². The second-order valence-corrected chi connectivity index (χ2v) is 11.1. The highest BCUT2D eigenvalue weighted by atomic mass is 32.2. The lowest BCUT2D eigenvalue weighted by Crippen LogP contribution is -2.52. The highest BCUT2D eigenvalue weighted by molar-refractivity contribution is 7.89. The van der Waals surface area contributed by atoms with E-state index in [0.29, 0.717) is 9.87 Å². The van der Waals surface area contributed by atoms with Crippen molar-refractivity contribution in [2.45, 2.75) is 30.4 Å². The number of pyridine rings is 1.